The largest absolute Gasteiger partial charge is 0.444 e. The number of hydrogen-bond acceptors (Lipinski definition) is 3. The summed E-state index contributed by atoms with van der Waals surface area (Å²) in [5.74, 6) is 0. The Labute approximate surface area is 99.7 Å². The average molecular weight is 229 g/mol. The van der Waals surface area contributed by atoms with E-state index in [9.17, 15) is 9.90 Å². The Morgan fingerprint density at radius 2 is 2.31 bits per heavy atom. The highest BCUT2D eigenvalue weighted by atomic mass is 16.6. The number of carbonyl (C=O) groups excluding carboxylic acids is 1. The molecule has 1 atom stereocenters. The SMILES string of the molecule is [2H]C([2H])(O)[C@@H]1CC=CCCN1C(=O)OC(C)(C)C. The van der Waals surface area contributed by atoms with Gasteiger partial charge in [-0.15, -0.1) is 0 Å². The zero-order valence-corrected chi connectivity index (χ0v) is 10.1. The lowest BCUT2D eigenvalue weighted by atomic mass is 10.2. The van der Waals surface area contributed by atoms with E-state index in [4.69, 9.17) is 7.48 Å². The molecule has 1 heterocycles. The minimum absolute atomic E-state index is 0.280. The van der Waals surface area contributed by atoms with Gasteiger partial charge in [0.15, 0.2) is 0 Å². The van der Waals surface area contributed by atoms with Gasteiger partial charge in [-0.25, -0.2) is 4.79 Å². The second-order valence-electron chi connectivity index (χ2n) is 4.81. The molecule has 0 bridgehead atoms. The highest BCUT2D eigenvalue weighted by Crippen LogP contribution is 2.16. The zero-order chi connectivity index (χ0) is 14.0. The molecule has 1 amide bonds. The van der Waals surface area contributed by atoms with Gasteiger partial charge >= 0.3 is 6.09 Å². The minimum atomic E-state index is -2.44. The first-order chi connectivity index (χ1) is 8.11. The lowest BCUT2D eigenvalue weighted by Gasteiger charge is -2.31. The average Bonchev–Trinajstić information content (AvgIpc) is 2.37. The van der Waals surface area contributed by atoms with E-state index in [-0.39, 0.29) is 6.42 Å². The van der Waals surface area contributed by atoms with Crippen LogP contribution in [0.5, 0.6) is 0 Å². The summed E-state index contributed by atoms with van der Waals surface area (Å²) >= 11 is 0. The van der Waals surface area contributed by atoms with Gasteiger partial charge in [-0.2, -0.15) is 0 Å². The third kappa shape index (κ3) is 3.85. The van der Waals surface area contributed by atoms with Crippen molar-refractivity contribution < 1.29 is 17.4 Å². The number of carbonyl (C=O) groups is 1. The van der Waals surface area contributed by atoms with E-state index >= 15 is 0 Å². The zero-order valence-electron chi connectivity index (χ0n) is 12.1. The second-order valence-corrected chi connectivity index (χ2v) is 4.81. The molecule has 0 aromatic carbocycles. The Kier molecular flexibility index (Phi) is 3.39. The fourth-order valence-corrected chi connectivity index (χ4v) is 1.50. The standard InChI is InChI=1S/C12H21NO3/c1-12(2,3)16-11(15)13-8-6-4-5-7-10(13)9-14/h4-5,10,14H,6-9H2,1-3H3/t10-/m0/s1/i9D2. The van der Waals surface area contributed by atoms with E-state index in [0.29, 0.717) is 13.0 Å². The van der Waals surface area contributed by atoms with Gasteiger partial charge in [-0.05, 0) is 33.6 Å². The molecule has 0 unspecified atom stereocenters. The Bertz CT molecular complexity index is 331. The molecule has 1 aliphatic heterocycles. The molecule has 0 aromatic rings. The second kappa shape index (κ2) is 5.34. The third-order valence-electron chi connectivity index (χ3n) is 2.22. The number of aliphatic hydroxyl groups is 1. The summed E-state index contributed by atoms with van der Waals surface area (Å²) in [6.07, 6.45) is 3.98. The summed E-state index contributed by atoms with van der Waals surface area (Å²) in [6, 6.07) is -0.911. The maximum Gasteiger partial charge on any atom is 0.410 e. The first-order valence-corrected chi connectivity index (χ1v) is 5.48. The maximum absolute atomic E-state index is 12.0. The lowest BCUT2D eigenvalue weighted by molar-refractivity contribution is 0.0107. The summed E-state index contributed by atoms with van der Waals surface area (Å²) in [7, 11) is 0. The van der Waals surface area contributed by atoms with Crippen LogP contribution >= 0.6 is 0 Å². The van der Waals surface area contributed by atoms with Gasteiger partial charge in [0.2, 0.25) is 0 Å². The molecular formula is C12H21NO3. The smallest absolute Gasteiger partial charge is 0.410 e. The number of hydrogen-bond donors (Lipinski definition) is 1. The van der Waals surface area contributed by atoms with Crippen molar-refractivity contribution in [3.63, 3.8) is 0 Å². The molecule has 0 spiro atoms. The summed E-state index contributed by atoms with van der Waals surface area (Å²) in [6.45, 7) is 3.17. The Morgan fingerprint density at radius 1 is 1.62 bits per heavy atom. The molecule has 0 fully saturated rings. The van der Waals surface area contributed by atoms with Crippen molar-refractivity contribution in [2.75, 3.05) is 13.1 Å². The van der Waals surface area contributed by atoms with Crippen LogP contribution in [0.2, 0.25) is 0 Å². The number of ether oxygens (including phenoxy) is 1. The van der Waals surface area contributed by atoms with E-state index in [1.165, 1.54) is 4.90 Å². The molecule has 0 aromatic heterocycles. The van der Waals surface area contributed by atoms with Gasteiger partial charge in [0.25, 0.3) is 0 Å². The quantitative estimate of drug-likeness (QED) is 0.699. The van der Waals surface area contributed by atoms with Crippen LogP contribution in [0.3, 0.4) is 0 Å². The van der Waals surface area contributed by atoms with Crippen LogP contribution in [0.1, 0.15) is 36.4 Å². The van der Waals surface area contributed by atoms with Crippen LogP contribution in [-0.2, 0) is 4.74 Å². The minimum Gasteiger partial charge on any atom is -0.444 e. The molecule has 0 saturated carbocycles. The van der Waals surface area contributed by atoms with Crippen molar-refractivity contribution >= 4 is 6.09 Å². The molecule has 92 valence electrons. The van der Waals surface area contributed by atoms with E-state index in [1.807, 2.05) is 6.08 Å². The lowest BCUT2D eigenvalue weighted by Crippen LogP contribution is -2.44. The van der Waals surface area contributed by atoms with Gasteiger partial charge in [0.1, 0.15) is 5.60 Å². The van der Waals surface area contributed by atoms with E-state index in [1.54, 1.807) is 26.8 Å². The van der Waals surface area contributed by atoms with Crippen LogP contribution in [0, 0.1) is 0 Å². The van der Waals surface area contributed by atoms with Crippen molar-refractivity contribution in [2.45, 2.75) is 45.3 Å². The van der Waals surface area contributed by atoms with Crippen molar-refractivity contribution in [1.29, 1.82) is 0 Å². The van der Waals surface area contributed by atoms with Gasteiger partial charge in [0, 0.05) is 6.54 Å². The third-order valence-corrected chi connectivity index (χ3v) is 2.22. The fourth-order valence-electron chi connectivity index (χ4n) is 1.50. The molecule has 1 rings (SSSR count). The number of nitrogens with zero attached hydrogens (tertiary/aromatic N) is 1. The van der Waals surface area contributed by atoms with Gasteiger partial charge in [-0.3, -0.25) is 0 Å². The predicted molar refractivity (Wildman–Crippen MR) is 62.2 cm³/mol. The van der Waals surface area contributed by atoms with Crippen LogP contribution < -0.4 is 0 Å². The molecule has 0 saturated heterocycles. The molecule has 1 N–H and O–H groups in total. The number of amides is 1. The summed E-state index contributed by atoms with van der Waals surface area (Å²) in [5.41, 5.74) is -0.635. The topological polar surface area (TPSA) is 49.8 Å². The Morgan fingerprint density at radius 3 is 2.88 bits per heavy atom. The van der Waals surface area contributed by atoms with Gasteiger partial charge < -0.3 is 14.7 Å². The van der Waals surface area contributed by atoms with Crippen LogP contribution in [0.25, 0.3) is 0 Å². The molecule has 4 nitrogen and oxygen atoms in total. The molecular weight excluding hydrogens is 206 g/mol. The van der Waals surface area contributed by atoms with E-state index in [2.05, 4.69) is 0 Å². The van der Waals surface area contributed by atoms with Crippen LogP contribution in [0.4, 0.5) is 4.79 Å². The highest BCUT2D eigenvalue weighted by molar-refractivity contribution is 5.68. The molecule has 4 heteroatoms. The summed E-state index contributed by atoms with van der Waals surface area (Å²) < 4.78 is 20.1. The Balaban J connectivity index is 2.85. The van der Waals surface area contributed by atoms with Crippen molar-refractivity contribution in [2.24, 2.45) is 0 Å². The van der Waals surface area contributed by atoms with Crippen LogP contribution in [-0.4, -0.2) is 40.8 Å². The first kappa shape index (κ1) is 10.1. The molecule has 16 heavy (non-hydrogen) atoms. The predicted octanol–water partition coefficient (Wildman–Crippen LogP) is 1.93. The van der Waals surface area contributed by atoms with Crippen LogP contribution in [0.15, 0.2) is 12.2 Å². The number of rotatable bonds is 1. The van der Waals surface area contributed by atoms with Crippen molar-refractivity contribution in [1.82, 2.24) is 4.90 Å². The van der Waals surface area contributed by atoms with Crippen molar-refractivity contribution in [3.05, 3.63) is 12.2 Å². The Hall–Kier alpha value is -1.03. The van der Waals surface area contributed by atoms with E-state index < -0.39 is 24.3 Å². The van der Waals surface area contributed by atoms with Gasteiger partial charge in [-0.1, -0.05) is 12.2 Å². The summed E-state index contributed by atoms with van der Waals surface area (Å²) in [5, 5.41) is 9.54. The first-order valence-electron chi connectivity index (χ1n) is 6.48. The molecule has 0 radical (unpaired) electrons. The maximum atomic E-state index is 12.0. The van der Waals surface area contributed by atoms with Crippen molar-refractivity contribution in [3.8, 4) is 0 Å². The highest BCUT2D eigenvalue weighted by Gasteiger charge is 2.27. The van der Waals surface area contributed by atoms with E-state index in [0.717, 1.165) is 0 Å². The normalized spacial score (nSPS) is 24.5. The summed E-state index contributed by atoms with van der Waals surface area (Å²) in [4.78, 5) is 13.3. The molecule has 1 aliphatic rings. The van der Waals surface area contributed by atoms with Gasteiger partial charge in [0.05, 0.1) is 15.3 Å². The monoisotopic (exact) mass is 229 g/mol. The molecule has 0 aliphatic carbocycles. The fraction of sp³-hybridized carbons (Fsp3) is 0.750.